The van der Waals surface area contributed by atoms with Crippen LogP contribution in [0.1, 0.15) is 41.5 Å². The molecule has 3 aromatic carbocycles. The molecule has 0 fully saturated rings. The molecule has 0 unspecified atom stereocenters. The lowest BCUT2D eigenvalue weighted by Crippen LogP contribution is -2.30. The number of carbonyl (C=O) groups is 2. The maximum Gasteiger partial charge on any atom is 0.407 e. The Morgan fingerprint density at radius 3 is 2.03 bits per heavy atom. The predicted molar refractivity (Wildman–Crippen MR) is 114 cm³/mol. The summed E-state index contributed by atoms with van der Waals surface area (Å²) in [5, 5.41) is 11.9. The van der Waals surface area contributed by atoms with Crippen molar-refractivity contribution in [3.63, 3.8) is 0 Å². The van der Waals surface area contributed by atoms with Crippen molar-refractivity contribution in [1.29, 1.82) is 0 Å². The lowest BCUT2D eigenvalue weighted by atomic mass is 9.98. The van der Waals surface area contributed by atoms with Gasteiger partial charge in [0.1, 0.15) is 6.61 Å². The molecule has 0 bridgehead atoms. The van der Waals surface area contributed by atoms with Gasteiger partial charge >= 0.3 is 12.1 Å². The number of fused-ring (bicyclic) bond motifs is 3. The van der Waals surface area contributed by atoms with Crippen molar-refractivity contribution in [3.8, 4) is 11.1 Å². The van der Waals surface area contributed by atoms with Crippen LogP contribution in [0.4, 0.5) is 4.79 Å². The summed E-state index contributed by atoms with van der Waals surface area (Å²) in [5.74, 6) is -0.914. The van der Waals surface area contributed by atoms with Gasteiger partial charge in [-0.1, -0.05) is 78.9 Å². The van der Waals surface area contributed by atoms with Gasteiger partial charge in [0.2, 0.25) is 0 Å². The van der Waals surface area contributed by atoms with E-state index in [4.69, 9.17) is 9.84 Å². The minimum absolute atomic E-state index is 0.0163. The van der Waals surface area contributed by atoms with Gasteiger partial charge in [-0.05, 0) is 34.2 Å². The van der Waals surface area contributed by atoms with E-state index < -0.39 is 18.1 Å². The summed E-state index contributed by atoms with van der Waals surface area (Å²) in [7, 11) is 0. The van der Waals surface area contributed by atoms with Crippen LogP contribution in [0, 0.1) is 0 Å². The van der Waals surface area contributed by atoms with Gasteiger partial charge in [-0.3, -0.25) is 4.79 Å². The third-order valence-electron chi connectivity index (χ3n) is 5.48. The van der Waals surface area contributed by atoms with Gasteiger partial charge in [0.25, 0.3) is 0 Å². The Bertz CT molecular complexity index is 1000. The number of amides is 1. The zero-order valence-electron chi connectivity index (χ0n) is 16.5. The van der Waals surface area contributed by atoms with E-state index in [2.05, 4.69) is 29.6 Å². The Morgan fingerprint density at radius 1 is 0.867 bits per heavy atom. The average molecular weight is 401 g/mol. The van der Waals surface area contributed by atoms with E-state index in [9.17, 15) is 9.59 Å². The topological polar surface area (TPSA) is 75.6 Å². The van der Waals surface area contributed by atoms with Gasteiger partial charge in [0.15, 0.2) is 0 Å². The second-order valence-corrected chi connectivity index (χ2v) is 7.37. The van der Waals surface area contributed by atoms with Crippen molar-refractivity contribution < 1.29 is 19.4 Å². The minimum Gasteiger partial charge on any atom is -0.481 e. The maximum atomic E-state index is 12.6. The standard InChI is InChI=1S/C25H23NO4/c27-24(28)15-14-23(17-8-2-1-3-9-17)26-25(29)30-16-22-20-12-6-4-10-18(20)19-11-5-7-13-21(19)22/h1-13,22-23H,14-16H2,(H,26,29)(H,27,28)/t23-/m0/s1. The smallest absolute Gasteiger partial charge is 0.407 e. The number of carbonyl (C=O) groups excluding carboxylic acids is 1. The number of alkyl carbamates (subject to hydrolysis) is 1. The van der Waals surface area contributed by atoms with Crippen molar-refractivity contribution in [2.75, 3.05) is 6.61 Å². The van der Waals surface area contributed by atoms with Crippen LogP contribution in [0.3, 0.4) is 0 Å². The number of aliphatic carboxylic acids is 1. The lowest BCUT2D eigenvalue weighted by Gasteiger charge is -2.20. The SMILES string of the molecule is O=C(O)CC[C@H](NC(=O)OCC1c2ccccc2-c2ccccc21)c1ccccc1. The van der Waals surface area contributed by atoms with Crippen LogP contribution in [0.15, 0.2) is 78.9 Å². The molecule has 0 saturated heterocycles. The number of rotatable bonds is 7. The molecular weight excluding hydrogens is 378 g/mol. The van der Waals surface area contributed by atoms with E-state index in [0.29, 0.717) is 6.42 Å². The largest absolute Gasteiger partial charge is 0.481 e. The number of carboxylic acid groups (broad SMARTS) is 1. The normalized spacial score (nSPS) is 13.2. The highest BCUT2D eigenvalue weighted by molar-refractivity contribution is 5.79. The van der Waals surface area contributed by atoms with Gasteiger partial charge in [-0.25, -0.2) is 4.79 Å². The van der Waals surface area contributed by atoms with Crippen LogP contribution in [-0.2, 0) is 9.53 Å². The van der Waals surface area contributed by atoms with Crippen molar-refractivity contribution in [1.82, 2.24) is 5.32 Å². The zero-order valence-corrected chi connectivity index (χ0v) is 16.5. The number of ether oxygens (including phenoxy) is 1. The highest BCUT2D eigenvalue weighted by Crippen LogP contribution is 2.44. The molecule has 4 rings (SSSR count). The quantitative estimate of drug-likeness (QED) is 0.575. The molecule has 0 heterocycles. The van der Waals surface area contributed by atoms with Gasteiger partial charge in [-0.2, -0.15) is 0 Å². The third kappa shape index (κ3) is 4.20. The van der Waals surface area contributed by atoms with Crippen LogP contribution in [-0.4, -0.2) is 23.8 Å². The Morgan fingerprint density at radius 2 is 1.43 bits per heavy atom. The lowest BCUT2D eigenvalue weighted by molar-refractivity contribution is -0.137. The summed E-state index contributed by atoms with van der Waals surface area (Å²) in [4.78, 5) is 23.6. The molecule has 0 aliphatic heterocycles. The zero-order chi connectivity index (χ0) is 20.9. The van der Waals surface area contributed by atoms with E-state index in [1.54, 1.807) is 0 Å². The summed E-state index contributed by atoms with van der Waals surface area (Å²) < 4.78 is 5.60. The highest BCUT2D eigenvalue weighted by atomic mass is 16.5. The number of benzene rings is 3. The van der Waals surface area contributed by atoms with E-state index >= 15 is 0 Å². The molecule has 1 atom stereocenters. The first-order valence-electron chi connectivity index (χ1n) is 10.0. The van der Waals surface area contributed by atoms with Crippen molar-refractivity contribution in [3.05, 3.63) is 95.6 Å². The molecule has 0 radical (unpaired) electrons. The van der Waals surface area contributed by atoms with Crippen LogP contribution in [0.2, 0.25) is 0 Å². The summed E-state index contributed by atoms with van der Waals surface area (Å²) >= 11 is 0. The monoisotopic (exact) mass is 401 g/mol. The minimum atomic E-state index is -0.898. The number of carboxylic acids is 1. The van der Waals surface area contributed by atoms with Crippen molar-refractivity contribution in [2.24, 2.45) is 0 Å². The van der Waals surface area contributed by atoms with Gasteiger partial charge in [-0.15, -0.1) is 0 Å². The summed E-state index contributed by atoms with van der Waals surface area (Å²) in [6, 6.07) is 25.3. The molecule has 1 aliphatic carbocycles. The Labute approximate surface area is 175 Å². The van der Waals surface area contributed by atoms with E-state index in [1.165, 1.54) is 11.1 Å². The van der Waals surface area contributed by atoms with Crippen molar-refractivity contribution >= 4 is 12.1 Å². The molecule has 2 N–H and O–H groups in total. The Kier molecular flexibility index (Phi) is 5.80. The first kappa shape index (κ1) is 19.7. The fourth-order valence-corrected chi connectivity index (χ4v) is 4.06. The van der Waals surface area contributed by atoms with E-state index in [1.807, 2.05) is 54.6 Å². The predicted octanol–water partition coefficient (Wildman–Crippen LogP) is 5.13. The van der Waals surface area contributed by atoms with Crippen molar-refractivity contribution in [2.45, 2.75) is 24.8 Å². The molecule has 0 saturated carbocycles. The Hall–Kier alpha value is -3.60. The fraction of sp³-hybridized carbons (Fsp3) is 0.200. The Balaban J connectivity index is 1.45. The number of hydrogen-bond acceptors (Lipinski definition) is 3. The van der Waals surface area contributed by atoms with Gasteiger partial charge in [0, 0.05) is 12.3 Å². The summed E-state index contributed by atoms with van der Waals surface area (Å²) in [6.45, 7) is 0.223. The van der Waals surface area contributed by atoms with Crippen LogP contribution >= 0.6 is 0 Å². The first-order valence-corrected chi connectivity index (χ1v) is 10.0. The molecule has 1 amide bonds. The average Bonchev–Trinajstić information content (AvgIpc) is 3.09. The number of nitrogens with one attached hydrogen (secondary N) is 1. The molecule has 5 heteroatoms. The highest BCUT2D eigenvalue weighted by Gasteiger charge is 2.29. The second-order valence-electron chi connectivity index (χ2n) is 7.37. The molecule has 1 aliphatic rings. The summed E-state index contributed by atoms with van der Waals surface area (Å²) in [6.07, 6.45) is -0.289. The summed E-state index contributed by atoms with van der Waals surface area (Å²) in [5.41, 5.74) is 5.50. The van der Waals surface area contributed by atoms with Crippen LogP contribution < -0.4 is 5.32 Å². The fourth-order valence-electron chi connectivity index (χ4n) is 4.06. The molecule has 3 aromatic rings. The molecule has 152 valence electrons. The molecule has 30 heavy (non-hydrogen) atoms. The molecule has 0 aromatic heterocycles. The van der Waals surface area contributed by atoms with Crippen LogP contribution in [0.25, 0.3) is 11.1 Å². The molecular formula is C25H23NO4. The molecule has 5 nitrogen and oxygen atoms in total. The second kappa shape index (κ2) is 8.82. The third-order valence-corrected chi connectivity index (χ3v) is 5.48. The van der Waals surface area contributed by atoms with Crippen LogP contribution in [0.5, 0.6) is 0 Å². The van der Waals surface area contributed by atoms with Gasteiger partial charge in [0.05, 0.1) is 6.04 Å². The number of hydrogen-bond donors (Lipinski definition) is 2. The van der Waals surface area contributed by atoms with E-state index in [-0.39, 0.29) is 18.9 Å². The molecule has 0 spiro atoms. The first-order chi connectivity index (χ1) is 14.6. The maximum absolute atomic E-state index is 12.6. The van der Waals surface area contributed by atoms with Gasteiger partial charge < -0.3 is 15.2 Å². The van der Waals surface area contributed by atoms with E-state index in [0.717, 1.165) is 16.7 Å².